The number of nitrogens with one attached hydrogen (secondary N) is 2. The van der Waals surface area contributed by atoms with E-state index < -0.39 is 0 Å². The van der Waals surface area contributed by atoms with Gasteiger partial charge in [-0.2, -0.15) is 0 Å². The second-order valence-corrected chi connectivity index (χ2v) is 6.44. The molecule has 0 unspecified atom stereocenters. The van der Waals surface area contributed by atoms with Crippen LogP contribution in [0.25, 0.3) is 0 Å². The minimum absolute atomic E-state index is 0.148. The molecule has 0 bridgehead atoms. The summed E-state index contributed by atoms with van der Waals surface area (Å²) in [5.41, 5.74) is 2.60. The van der Waals surface area contributed by atoms with Crippen molar-refractivity contribution in [2.75, 3.05) is 19.1 Å². The molecule has 0 radical (unpaired) electrons. The maximum atomic E-state index is 10.8. The lowest BCUT2D eigenvalue weighted by Crippen LogP contribution is -2.29. The van der Waals surface area contributed by atoms with E-state index in [9.17, 15) is 9.59 Å². The summed E-state index contributed by atoms with van der Waals surface area (Å²) in [6.45, 7) is 4.85. The van der Waals surface area contributed by atoms with Crippen LogP contribution < -0.4 is 10.6 Å². The SMILES string of the molecule is CSC1=C(C)CCC(=O)N1.CSC1=C(C)CNC(=O)C1. The number of allylic oxidation sites excluding steroid dienone is 1. The summed E-state index contributed by atoms with van der Waals surface area (Å²) in [5.74, 6) is 0.296. The lowest BCUT2D eigenvalue weighted by Gasteiger charge is -2.16. The van der Waals surface area contributed by atoms with Crippen molar-refractivity contribution in [2.24, 2.45) is 0 Å². The molecule has 20 heavy (non-hydrogen) atoms. The second kappa shape index (κ2) is 8.42. The molecule has 0 fully saturated rings. The van der Waals surface area contributed by atoms with Crippen LogP contribution in [0.3, 0.4) is 0 Å². The summed E-state index contributed by atoms with van der Waals surface area (Å²) in [4.78, 5) is 22.9. The Morgan fingerprint density at radius 2 is 1.65 bits per heavy atom. The van der Waals surface area contributed by atoms with Crippen LogP contribution in [-0.4, -0.2) is 30.9 Å². The number of rotatable bonds is 2. The minimum atomic E-state index is 0.148. The number of carbonyl (C=O) groups is 2. The van der Waals surface area contributed by atoms with Crippen molar-refractivity contribution >= 4 is 35.3 Å². The standard InChI is InChI=1S/2C7H11NOS/c1-5-4-8-7(9)3-6(5)10-2;1-5-3-4-6(9)8-7(5)10-2/h2*3-4H2,1-2H3,(H,8,9). The Bertz CT molecular complexity index is 414. The number of hydrogen-bond donors (Lipinski definition) is 2. The highest BCUT2D eigenvalue weighted by Crippen LogP contribution is 2.22. The van der Waals surface area contributed by atoms with E-state index >= 15 is 0 Å². The Morgan fingerprint density at radius 3 is 2.15 bits per heavy atom. The van der Waals surface area contributed by atoms with E-state index in [1.807, 2.05) is 12.5 Å². The van der Waals surface area contributed by atoms with Crippen LogP contribution in [0.2, 0.25) is 0 Å². The zero-order valence-corrected chi connectivity index (χ0v) is 14.1. The van der Waals surface area contributed by atoms with Crippen molar-refractivity contribution in [3.05, 3.63) is 21.1 Å². The quantitative estimate of drug-likeness (QED) is 0.822. The molecule has 0 aliphatic carbocycles. The monoisotopic (exact) mass is 314 g/mol. The lowest BCUT2D eigenvalue weighted by atomic mass is 10.1. The fraction of sp³-hybridized carbons (Fsp3) is 0.571. The second-order valence-electron chi connectivity index (χ2n) is 4.72. The average Bonchev–Trinajstić information content (AvgIpc) is 2.44. The van der Waals surface area contributed by atoms with Crippen LogP contribution in [0.15, 0.2) is 21.1 Å². The van der Waals surface area contributed by atoms with Gasteiger partial charge < -0.3 is 10.6 Å². The Morgan fingerprint density at radius 1 is 0.950 bits per heavy atom. The fourth-order valence-electron chi connectivity index (χ4n) is 1.87. The van der Waals surface area contributed by atoms with E-state index in [1.165, 1.54) is 16.1 Å². The first-order valence-corrected chi connectivity index (χ1v) is 8.95. The number of thioether (sulfide) groups is 2. The maximum absolute atomic E-state index is 10.8. The summed E-state index contributed by atoms with van der Waals surface area (Å²) in [6.07, 6.45) is 6.13. The van der Waals surface area contributed by atoms with Gasteiger partial charge in [0.25, 0.3) is 0 Å². The van der Waals surface area contributed by atoms with Crippen LogP contribution in [0.4, 0.5) is 0 Å². The normalized spacial score (nSPS) is 19.2. The van der Waals surface area contributed by atoms with Gasteiger partial charge in [0, 0.05) is 13.0 Å². The van der Waals surface area contributed by atoms with Gasteiger partial charge in [0.15, 0.2) is 0 Å². The molecule has 0 saturated heterocycles. The van der Waals surface area contributed by atoms with Gasteiger partial charge in [0.2, 0.25) is 11.8 Å². The van der Waals surface area contributed by atoms with Gasteiger partial charge in [-0.25, -0.2) is 0 Å². The summed E-state index contributed by atoms with van der Waals surface area (Å²) in [5, 5.41) is 6.64. The molecule has 0 spiro atoms. The summed E-state index contributed by atoms with van der Waals surface area (Å²) in [6, 6.07) is 0. The molecule has 0 aromatic carbocycles. The van der Waals surface area contributed by atoms with Crippen molar-refractivity contribution < 1.29 is 9.59 Å². The summed E-state index contributed by atoms with van der Waals surface area (Å²) < 4.78 is 0. The molecule has 4 nitrogen and oxygen atoms in total. The fourth-order valence-corrected chi connectivity index (χ4v) is 3.23. The van der Waals surface area contributed by atoms with E-state index in [-0.39, 0.29) is 11.8 Å². The van der Waals surface area contributed by atoms with Crippen molar-refractivity contribution in [1.29, 1.82) is 0 Å². The van der Waals surface area contributed by atoms with Gasteiger partial charge in [-0.05, 0) is 48.8 Å². The van der Waals surface area contributed by atoms with Gasteiger partial charge in [-0.3, -0.25) is 9.59 Å². The van der Waals surface area contributed by atoms with Crippen LogP contribution in [0, 0.1) is 0 Å². The van der Waals surface area contributed by atoms with Gasteiger partial charge >= 0.3 is 0 Å². The van der Waals surface area contributed by atoms with Crippen molar-refractivity contribution in [1.82, 2.24) is 10.6 Å². The van der Waals surface area contributed by atoms with Gasteiger partial charge in [0.05, 0.1) is 11.4 Å². The molecular formula is C14H22N2O2S2. The molecule has 0 aromatic rings. The van der Waals surface area contributed by atoms with Crippen LogP contribution in [-0.2, 0) is 9.59 Å². The predicted molar refractivity (Wildman–Crippen MR) is 87.4 cm³/mol. The maximum Gasteiger partial charge on any atom is 0.225 e. The molecule has 0 atom stereocenters. The van der Waals surface area contributed by atoms with Crippen LogP contribution in [0.1, 0.15) is 33.1 Å². The molecule has 2 rings (SSSR count). The third-order valence-corrected chi connectivity index (χ3v) is 5.01. The first kappa shape index (κ1) is 17.2. The Kier molecular flexibility index (Phi) is 7.23. The van der Waals surface area contributed by atoms with Gasteiger partial charge in [-0.1, -0.05) is 0 Å². The molecule has 2 amide bonds. The van der Waals surface area contributed by atoms with E-state index in [0.717, 1.165) is 18.0 Å². The first-order valence-electron chi connectivity index (χ1n) is 6.50. The van der Waals surface area contributed by atoms with Gasteiger partial charge in [-0.15, -0.1) is 23.5 Å². The summed E-state index contributed by atoms with van der Waals surface area (Å²) in [7, 11) is 0. The molecule has 112 valence electrons. The van der Waals surface area contributed by atoms with E-state index in [2.05, 4.69) is 24.5 Å². The zero-order valence-electron chi connectivity index (χ0n) is 12.5. The molecule has 2 heterocycles. The van der Waals surface area contributed by atoms with Crippen molar-refractivity contribution in [3.8, 4) is 0 Å². The third-order valence-electron chi connectivity index (χ3n) is 3.17. The molecule has 2 N–H and O–H groups in total. The lowest BCUT2D eigenvalue weighted by molar-refractivity contribution is -0.121. The number of carbonyl (C=O) groups excluding carboxylic acids is 2. The van der Waals surface area contributed by atoms with E-state index in [4.69, 9.17) is 0 Å². The Labute approximate surface area is 129 Å². The summed E-state index contributed by atoms with van der Waals surface area (Å²) >= 11 is 3.28. The van der Waals surface area contributed by atoms with Crippen molar-refractivity contribution in [3.63, 3.8) is 0 Å². The Balaban J connectivity index is 0.000000200. The Hall–Kier alpha value is -0.880. The molecule has 0 aromatic heterocycles. The molecule has 6 heteroatoms. The van der Waals surface area contributed by atoms with E-state index in [0.29, 0.717) is 12.8 Å². The highest BCUT2D eigenvalue weighted by Gasteiger charge is 2.13. The third kappa shape index (κ3) is 5.25. The van der Waals surface area contributed by atoms with Gasteiger partial charge in [0.1, 0.15) is 0 Å². The topological polar surface area (TPSA) is 58.2 Å². The smallest absolute Gasteiger partial charge is 0.225 e. The number of hydrogen-bond acceptors (Lipinski definition) is 4. The van der Waals surface area contributed by atoms with E-state index in [1.54, 1.807) is 23.5 Å². The average molecular weight is 314 g/mol. The highest BCUT2D eigenvalue weighted by molar-refractivity contribution is 8.02. The molecule has 0 saturated carbocycles. The van der Waals surface area contributed by atoms with Crippen LogP contribution >= 0.6 is 23.5 Å². The minimum Gasteiger partial charge on any atom is -0.352 e. The van der Waals surface area contributed by atoms with Crippen LogP contribution in [0.5, 0.6) is 0 Å². The van der Waals surface area contributed by atoms with Crippen molar-refractivity contribution in [2.45, 2.75) is 33.1 Å². The largest absolute Gasteiger partial charge is 0.352 e. The molecular weight excluding hydrogens is 292 g/mol. The number of amides is 2. The molecule has 2 aliphatic heterocycles. The highest BCUT2D eigenvalue weighted by atomic mass is 32.2. The molecule has 2 aliphatic rings. The first-order chi connectivity index (χ1) is 9.47. The predicted octanol–water partition coefficient (Wildman–Crippen LogP) is 2.63. The zero-order chi connectivity index (χ0) is 15.1.